The summed E-state index contributed by atoms with van der Waals surface area (Å²) in [7, 11) is 0. The third-order valence-electron chi connectivity index (χ3n) is 3.43. The van der Waals surface area contributed by atoms with Crippen LogP contribution in [-0.2, 0) is 6.54 Å². The van der Waals surface area contributed by atoms with E-state index in [1.807, 2.05) is 6.07 Å². The predicted molar refractivity (Wildman–Crippen MR) is 66.4 cm³/mol. The SMILES string of the molecule is Nc1cccc(CN2CCCC(O)(C(F)(F)F)C2)c1. The molecule has 3 nitrogen and oxygen atoms in total. The van der Waals surface area contributed by atoms with Crippen LogP contribution in [0.15, 0.2) is 24.3 Å². The van der Waals surface area contributed by atoms with Gasteiger partial charge in [0.25, 0.3) is 0 Å². The number of halogens is 3. The molecule has 1 fully saturated rings. The maximum atomic E-state index is 12.8. The molecule has 0 aromatic heterocycles. The molecular formula is C13H17F3N2O. The molecule has 19 heavy (non-hydrogen) atoms. The van der Waals surface area contributed by atoms with E-state index < -0.39 is 11.8 Å². The highest BCUT2D eigenvalue weighted by atomic mass is 19.4. The first-order valence-corrected chi connectivity index (χ1v) is 6.16. The van der Waals surface area contributed by atoms with E-state index in [-0.39, 0.29) is 13.0 Å². The van der Waals surface area contributed by atoms with Crippen molar-refractivity contribution in [3.8, 4) is 0 Å². The number of piperidine rings is 1. The number of benzene rings is 1. The second kappa shape index (κ2) is 5.02. The maximum absolute atomic E-state index is 12.8. The molecule has 1 heterocycles. The first-order chi connectivity index (χ1) is 8.80. The lowest BCUT2D eigenvalue weighted by Crippen LogP contribution is -2.56. The van der Waals surface area contributed by atoms with Gasteiger partial charge in [-0.25, -0.2) is 0 Å². The Morgan fingerprint density at radius 2 is 2.11 bits per heavy atom. The lowest BCUT2D eigenvalue weighted by Gasteiger charge is -2.40. The lowest BCUT2D eigenvalue weighted by molar-refractivity contribution is -0.274. The van der Waals surface area contributed by atoms with Crippen LogP contribution in [0.5, 0.6) is 0 Å². The van der Waals surface area contributed by atoms with E-state index in [0.717, 1.165) is 5.56 Å². The van der Waals surface area contributed by atoms with Crippen molar-refractivity contribution < 1.29 is 18.3 Å². The Morgan fingerprint density at radius 1 is 1.37 bits per heavy atom. The fraction of sp³-hybridized carbons (Fsp3) is 0.538. The summed E-state index contributed by atoms with van der Waals surface area (Å²) >= 11 is 0. The van der Waals surface area contributed by atoms with Crippen molar-refractivity contribution in [2.75, 3.05) is 18.8 Å². The monoisotopic (exact) mass is 274 g/mol. The van der Waals surface area contributed by atoms with Gasteiger partial charge in [0.2, 0.25) is 0 Å². The van der Waals surface area contributed by atoms with Gasteiger partial charge in [-0.15, -0.1) is 0 Å². The van der Waals surface area contributed by atoms with Crippen molar-refractivity contribution in [1.29, 1.82) is 0 Å². The minimum absolute atomic E-state index is 0.232. The Kier molecular flexibility index (Phi) is 3.73. The van der Waals surface area contributed by atoms with Gasteiger partial charge in [-0.3, -0.25) is 4.90 Å². The molecular weight excluding hydrogens is 257 g/mol. The average Bonchev–Trinajstić information content (AvgIpc) is 2.27. The summed E-state index contributed by atoms with van der Waals surface area (Å²) in [4.78, 5) is 1.62. The van der Waals surface area contributed by atoms with Crippen LogP contribution in [0.25, 0.3) is 0 Å². The fourth-order valence-electron chi connectivity index (χ4n) is 2.44. The highest BCUT2D eigenvalue weighted by molar-refractivity contribution is 5.40. The zero-order valence-corrected chi connectivity index (χ0v) is 10.5. The third-order valence-corrected chi connectivity index (χ3v) is 3.43. The average molecular weight is 274 g/mol. The van der Waals surface area contributed by atoms with Crippen LogP contribution in [0.1, 0.15) is 18.4 Å². The van der Waals surface area contributed by atoms with E-state index in [2.05, 4.69) is 0 Å². The number of alkyl halides is 3. The number of hydrogen-bond donors (Lipinski definition) is 2. The van der Waals surface area contributed by atoms with E-state index in [9.17, 15) is 18.3 Å². The van der Waals surface area contributed by atoms with Crippen LogP contribution in [0.4, 0.5) is 18.9 Å². The fourth-order valence-corrected chi connectivity index (χ4v) is 2.44. The van der Waals surface area contributed by atoms with Gasteiger partial charge in [0.05, 0.1) is 0 Å². The van der Waals surface area contributed by atoms with Crippen molar-refractivity contribution in [1.82, 2.24) is 4.90 Å². The minimum atomic E-state index is -4.58. The Morgan fingerprint density at radius 3 is 2.74 bits per heavy atom. The van der Waals surface area contributed by atoms with Crippen LogP contribution >= 0.6 is 0 Å². The molecule has 6 heteroatoms. The second-order valence-corrected chi connectivity index (χ2v) is 5.09. The van der Waals surface area contributed by atoms with E-state index >= 15 is 0 Å². The molecule has 1 saturated heterocycles. The number of aliphatic hydroxyl groups is 1. The number of likely N-dealkylation sites (tertiary alicyclic amines) is 1. The molecule has 106 valence electrons. The highest BCUT2D eigenvalue weighted by Crippen LogP contribution is 2.37. The van der Waals surface area contributed by atoms with Gasteiger partial charge < -0.3 is 10.8 Å². The quantitative estimate of drug-likeness (QED) is 0.812. The Hall–Kier alpha value is -1.27. The standard InChI is InChI=1S/C13H17F3N2O/c14-13(15,16)12(19)5-2-6-18(9-12)8-10-3-1-4-11(17)7-10/h1,3-4,7,19H,2,5-6,8-9,17H2. The Bertz CT molecular complexity index is 450. The van der Waals surface area contributed by atoms with Crippen LogP contribution in [0, 0.1) is 0 Å². The van der Waals surface area contributed by atoms with Crippen molar-refractivity contribution in [3.63, 3.8) is 0 Å². The molecule has 0 saturated carbocycles. The number of nitrogens with two attached hydrogens (primary N) is 1. The first kappa shape index (κ1) is 14.1. The van der Waals surface area contributed by atoms with Gasteiger partial charge in [0.15, 0.2) is 5.60 Å². The summed E-state index contributed by atoms with van der Waals surface area (Å²) in [6.07, 6.45) is -4.48. The van der Waals surface area contributed by atoms with Crippen LogP contribution in [0.2, 0.25) is 0 Å². The predicted octanol–water partition coefficient (Wildman–Crippen LogP) is 2.16. The highest BCUT2D eigenvalue weighted by Gasteiger charge is 2.55. The molecule has 3 N–H and O–H groups in total. The molecule has 1 aliphatic rings. The maximum Gasteiger partial charge on any atom is 0.418 e. The number of β-amino-alcohol motifs (C(OH)–C–C–N with tert-alkyl or cyclic N) is 1. The summed E-state index contributed by atoms with van der Waals surface area (Å²) in [6, 6.07) is 7.05. The molecule has 1 aromatic rings. The van der Waals surface area contributed by atoms with Gasteiger partial charge in [0.1, 0.15) is 0 Å². The number of nitrogen functional groups attached to an aromatic ring is 1. The van der Waals surface area contributed by atoms with Gasteiger partial charge in [-0.1, -0.05) is 12.1 Å². The summed E-state index contributed by atoms with van der Waals surface area (Å²) < 4.78 is 38.4. The van der Waals surface area contributed by atoms with Crippen molar-refractivity contribution >= 4 is 5.69 Å². The molecule has 0 aliphatic carbocycles. The molecule has 1 aliphatic heterocycles. The molecule has 0 bridgehead atoms. The Balaban J connectivity index is 2.06. The zero-order chi connectivity index (χ0) is 14.1. The summed E-state index contributed by atoms with van der Waals surface area (Å²) in [5, 5.41) is 9.72. The molecule has 0 spiro atoms. The van der Waals surface area contributed by atoms with Gasteiger partial charge in [-0.05, 0) is 37.1 Å². The van der Waals surface area contributed by atoms with E-state index in [1.54, 1.807) is 23.1 Å². The molecule has 1 unspecified atom stereocenters. The Labute approximate surface area is 109 Å². The van der Waals surface area contributed by atoms with E-state index in [1.165, 1.54) is 0 Å². The molecule has 0 radical (unpaired) electrons. The number of rotatable bonds is 2. The first-order valence-electron chi connectivity index (χ1n) is 6.16. The third kappa shape index (κ3) is 3.19. The normalized spacial score (nSPS) is 25.5. The number of anilines is 1. The molecule has 1 aromatic carbocycles. The minimum Gasteiger partial charge on any atom is -0.399 e. The molecule has 1 atom stereocenters. The van der Waals surface area contributed by atoms with Crippen LogP contribution in [0.3, 0.4) is 0 Å². The number of nitrogens with zero attached hydrogens (tertiary/aromatic N) is 1. The lowest BCUT2D eigenvalue weighted by atomic mass is 9.92. The van der Waals surface area contributed by atoms with Gasteiger partial charge >= 0.3 is 6.18 Å². The van der Waals surface area contributed by atoms with Gasteiger partial charge in [0, 0.05) is 18.8 Å². The summed E-state index contributed by atoms with van der Waals surface area (Å²) in [5.74, 6) is 0. The largest absolute Gasteiger partial charge is 0.418 e. The second-order valence-electron chi connectivity index (χ2n) is 5.09. The molecule has 0 amide bonds. The van der Waals surface area contributed by atoms with Crippen LogP contribution < -0.4 is 5.73 Å². The molecule has 2 rings (SSSR count). The van der Waals surface area contributed by atoms with Crippen molar-refractivity contribution in [2.24, 2.45) is 0 Å². The van der Waals surface area contributed by atoms with E-state index in [4.69, 9.17) is 5.73 Å². The number of hydrogen-bond acceptors (Lipinski definition) is 3. The summed E-state index contributed by atoms with van der Waals surface area (Å²) in [6.45, 7) is 0.530. The topological polar surface area (TPSA) is 49.5 Å². The van der Waals surface area contributed by atoms with Crippen LogP contribution in [-0.4, -0.2) is 34.9 Å². The summed E-state index contributed by atoms with van der Waals surface area (Å²) in [5.41, 5.74) is 4.48. The van der Waals surface area contributed by atoms with Crippen molar-refractivity contribution in [2.45, 2.75) is 31.2 Å². The smallest absolute Gasteiger partial charge is 0.399 e. The van der Waals surface area contributed by atoms with Gasteiger partial charge in [-0.2, -0.15) is 13.2 Å². The zero-order valence-electron chi connectivity index (χ0n) is 10.5. The van der Waals surface area contributed by atoms with Crippen molar-refractivity contribution in [3.05, 3.63) is 29.8 Å². The van der Waals surface area contributed by atoms with E-state index in [0.29, 0.717) is 25.2 Å².